The average molecular weight is 319 g/mol. The summed E-state index contributed by atoms with van der Waals surface area (Å²) in [7, 11) is 1.64. The molecule has 1 heterocycles. The third-order valence-electron chi connectivity index (χ3n) is 3.86. The Morgan fingerprint density at radius 1 is 1.39 bits per heavy atom. The minimum Gasteiger partial charge on any atom is -0.497 e. The molecule has 126 valence electrons. The number of carbonyl (C=O) groups is 2. The molecule has 0 aliphatic carbocycles. The maximum Gasteiger partial charge on any atom is 0.290 e. The van der Waals surface area contributed by atoms with Crippen molar-refractivity contribution in [3.63, 3.8) is 0 Å². The van der Waals surface area contributed by atoms with E-state index in [-0.39, 0.29) is 23.7 Å². The van der Waals surface area contributed by atoms with E-state index in [9.17, 15) is 9.59 Å². The third-order valence-corrected chi connectivity index (χ3v) is 3.86. The van der Waals surface area contributed by atoms with E-state index in [0.29, 0.717) is 32.5 Å². The average Bonchev–Trinajstić information content (AvgIpc) is 2.54. The molecule has 1 aliphatic rings. The van der Waals surface area contributed by atoms with E-state index in [2.05, 4.69) is 0 Å². The van der Waals surface area contributed by atoms with Crippen molar-refractivity contribution in [2.45, 2.75) is 32.8 Å². The van der Waals surface area contributed by atoms with Crippen LogP contribution >= 0.6 is 0 Å². The normalized spacial score (nSPS) is 18.1. The molecule has 1 saturated heterocycles. The molecular weight excluding hydrogens is 294 g/mol. The highest BCUT2D eigenvalue weighted by Gasteiger charge is 2.28. The van der Waals surface area contributed by atoms with Crippen molar-refractivity contribution in [1.82, 2.24) is 4.90 Å². The Kier molecular flexibility index (Phi) is 6.16. The first kappa shape index (κ1) is 17.5. The molecule has 1 aromatic rings. The van der Waals surface area contributed by atoms with E-state index in [4.69, 9.17) is 9.47 Å². The minimum absolute atomic E-state index is 0.0911. The first-order valence-corrected chi connectivity index (χ1v) is 8.06. The Hall–Kier alpha value is -1.88. The molecule has 1 fully saturated rings. The van der Waals surface area contributed by atoms with Gasteiger partial charge in [0.05, 0.1) is 19.8 Å². The number of methoxy groups -OCH3 is 1. The number of ether oxygens (including phenoxy) is 2. The summed E-state index contributed by atoms with van der Waals surface area (Å²) in [6.45, 7) is 5.29. The number of carbonyl (C=O) groups excluding carboxylic acids is 2. The van der Waals surface area contributed by atoms with Crippen LogP contribution in [0.3, 0.4) is 0 Å². The van der Waals surface area contributed by atoms with E-state index in [1.807, 2.05) is 38.1 Å². The Balaban J connectivity index is 1.95. The molecule has 0 N–H and O–H groups in total. The van der Waals surface area contributed by atoms with Gasteiger partial charge in [-0.05, 0) is 23.6 Å². The Labute approximate surface area is 137 Å². The van der Waals surface area contributed by atoms with Gasteiger partial charge in [-0.2, -0.15) is 0 Å². The molecule has 1 aromatic carbocycles. The summed E-state index contributed by atoms with van der Waals surface area (Å²) in [5.41, 5.74) is 1.09. The van der Waals surface area contributed by atoms with Crippen LogP contribution in [-0.4, -0.2) is 49.5 Å². The van der Waals surface area contributed by atoms with Gasteiger partial charge < -0.3 is 14.4 Å². The van der Waals surface area contributed by atoms with Crippen molar-refractivity contribution in [3.05, 3.63) is 29.8 Å². The number of nitrogens with zero attached hydrogens (tertiary/aromatic N) is 1. The highest BCUT2D eigenvalue weighted by molar-refractivity contribution is 6.36. The number of Topliss-reactive ketones (excluding diaryl/α,β-unsaturated/α-hetero) is 1. The zero-order valence-corrected chi connectivity index (χ0v) is 14.1. The molecule has 5 nitrogen and oxygen atoms in total. The zero-order valence-electron chi connectivity index (χ0n) is 14.1. The van der Waals surface area contributed by atoms with Crippen LogP contribution in [-0.2, 0) is 20.7 Å². The zero-order chi connectivity index (χ0) is 16.8. The lowest BCUT2D eigenvalue weighted by Crippen LogP contribution is -2.48. The monoisotopic (exact) mass is 319 g/mol. The van der Waals surface area contributed by atoms with Crippen LogP contribution in [0.2, 0.25) is 0 Å². The first-order valence-electron chi connectivity index (χ1n) is 8.06. The van der Waals surface area contributed by atoms with Crippen LogP contribution < -0.4 is 4.74 Å². The van der Waals surface area contributed by atoms with Crippen molar-refractivity contribution in [1.29, 1.82) is 0 Å². The van der Waals surface area contributed by atoms with Gasteiger partial charge >= 0.3 is 0 Å². The van der Waals surface area contributed by atoms with Crippen LogP contribution in [0.1, 0.15) is 25.8 Å². The third kappa shape index (κ3) is 5.06. The number of amides is 1. The Bertz CT molecular complexity index is 556. The molecule has 5 heteroatoms. The summed E-state index contributed by atoms with van der Waals surface area (Å²) in [5, 5.41) is 0. The smallest absolute Gasteiger partial charge is 0.290 e. The number of morpholine rings is 1. The molecule has 1 atom stereocenters. The summed E-state index contributed by atoms with van der Waals surface area (Å²) in [5.74, 6) is 0.318. The van der Waals surface area contributed by atoms with Crippen LogP contribution in [0, 0.1) is 5.92 Å². The minimum atomic E-state index is -0.377. The summed E-state index contributed by atoms with van der Waals surface area (Å²) < 4.78 is 11.0. The molecule has 23 heavy (non-hydrogen) atoms. The highest BCUT2D eigenvalue weighted by Crippen LogP contribution is 2.17. The standard InChI is InChI=1S/C18H25NO4/c1-13(2)9-17(20)18(21)19-7-8-23-16(12-19)11-14-5-4-6-15(10-14)22-3/h4-6,10,13,16H,7-9,11-12H2,1-3H3/t16-/m1/s1. The number of benzene rings is 1. The fourth-order valence-corrected chi connectivity index (χ4v) is 2.72. The second kappa shape index (κ2) is 8.11. The summed E-state index contributed by atoms with van der Waals surface area (Å²) >= 11 is 0. The molecule has 0 spiro atoms. The number of ketones is 1. The predicted molar refractivity (Wildman–Crippen MR) is 87.5 cm³/mol. The van der Waals surface area contributed by atoms with Crippen molar-refractivity contribution >= 4 is 11.7 Å². The molecule has 0 aromatic heterocycles. The van der Waals surface area contributed by atoms with Gasteiger partial charge in [-0.3, -0.25) is 9.59 Å². The van der Waals surface area contributed by atoms with E-state index in [1.165, 1.54) is 0 Å². The maximum absolute atomic E-state index is 12.2. The Morgan fingerprint density at radius 2 is 2.17 bits per heavy atom. The summed E-state index contributed by atoms with van der Waals surface area (Å²) in [4.78, 5) is 25.8. The quantitative estimate of drug-likeness (QED) is 0.753. The summed E-state index contributed by atoms with van der Waals surface area (Å²) in [6, 6.07) is 7.81. The predicted octanol–water partition coefficient (Wildman–Crippen LogP) is 2.08. The van der Waals surface area contributed by atoms with Gasteiger partial charge in [0, 0.05) is 25.9 Å². The summed E-state index contributed by atoms with van der Waals surface area (Å²) in [6.07, 6.45) is 0.905. The first-order chi connectivity index (χ1) is 11.0. The van der Waals surface area contributed by atoms with Crippen molar-refractivity contribution in [2.24, 2.45) is 5.92 Å². The van der Waals surface area contributed by atoms with Crippen LogP contribution in [0.4, 0.5) is 0 Å². The lowest BCUT2D eigenvalue weighted by molar-refractivity contribution is -0.149. The van der Waals surface area contributed by atoms with Crippen molar-refractivity contribution < 1.29 is 19.1 Å². The lowest BCUT2D eigenvalue weighted by atomic mass is 10.0. The van der Waals surface area contributed by atoms with Gasteiger partial charge in [0.2, 0.25) is 5.78 Å². The van der Waals surface area contributed by atoms with Gasteiger partial charge in [-0.25, -0.2) is 0 Å². The molecule has 0 saturated carbocycles. The fraction of sp³-hybridized carbons (Fsp3) is 0.556. The Morgan fingerprint density at radius 3 is 2.87 bits per heavy atom. The molecule has 0 radical (unpaired) electrons. The second-order valence-electron chi connectivity index (χ2n) is 6.32. The van der Waals surface area contributed by atoms with Crippen molar-refractivity contribution in [3.8, 4) is 5.75 Å². The molecule has 1 amide bonds. The van der Waals surface area contributed by atoms with E-state index < -0.39 is 0 Å². The van der Waals surface area contributed by atoms with Gasteiger partial charge in [0.15, 0.2) is 0 Å². The highest BCUT2D eigenvalue weighted by atomic mass is 16.5. The molecule has 0 unspecified atom stereocenters. The van der Waals surface area contributed by atoms with Crippen LogP contribution in [0.15, 0.2) is 24.3 Å². The van der Waals surface area contributed by atoms with Crippen LogP contribution in [0.5, 0.6) is 5.75 Å². The SMILES string of the molecule is COc1cccc(C[C@@H]2CN(C(=O)C(=O)CC(C)C)CCO2)c1. The van der Waals surface area contributed by atoms with E-state index in [1.54, 1.807) is 12.0 Å². The van der Waals surface area contributed by atoms with Crippen LogP contribution in [0.25, 0.3) is 0 Å². The molecular formula is C18H25NO4. The van der Waals surface area contributed by atoms with Gasteiger partial charge in [0.25, 0.3) is 5.91 Å². The topological polar surface area (TPSA) is 55.8 Å². The van der Waals surface area contributed by atoms with Gasteiger partial charge in [-0.1, -0.05) is 26.0 Å². The van der Waals surface area contributed by atoms with Crippen molar-refractivity contribution in [2.75, 3.05) is 26.8 Å². The lowest BCUT2D eigenvalue weighted by Gasteiger charge is -2.32. The second-order valence-corrected chi connectivity index (χ2v) is 6.32. The van der Waals surface area contributed by atoms with Gasteiger partial charge in [-0.15, -0.1) is 0 Å². The largest absolute Gasteiger partial charge is 0.497 e. The maximum atomic E-state index is 12.2. The van der Waals surface area contributed by atoms with E-state index >= 15 is 0 Å². The van der Waals surface area contributed by atoms with E-state index in [0.717, 1.165) is 11.3 Å². The van der Waals surface area contributed by atoms with Gasteiger partial charge in [0.1, 0.15) is 5.75 Å². The number of hydrogen-bond acceptors (Lipinski definition) is 4. The number of rotatable bonds is 6. The fourth-order valence-electron chi connectivity index (χ4n) is 2.72. The molecule has 2 rings (SSSR count). The molecule has 0 bridgehead atoms. The molecule has 1 aliphatic heterocycles. The number of hydrogen-bond donors (Lipinski definition) is 0.